The summed E-state index contributed by atoms with van der Waals surface area (Å²) in [6, 6.07) is 3.34. The molecule has 2 rings (SSSR count). The van der Waals surface area contributed by atoms with Crippen LogP contribution in [0.15, 0.2) is 12.1 Å². The maximum atomic E-state index is 11.1. The molecule has 0 unspecified atom stereocenters. The first-order valence-corrected chi connectivity index (χ1v) is 6.23. The Morgan fingerprint density at radius 1 is 1.32 bits per heavy atom. The van der Waals surface area contributed by atoms with Crippen LogP contribution in [-0.4, -0.2) is 35.9 Å². The Morgan fingerprint density at radius 2 is 1.89 bits per heavy atom. The van der Waals surface area contributed by atoms with Gasteiger partial charge in [-0.3, -0.25) is 14.9 Å². The number of carbonyl (C=O) groups excluding carboxylic acids is 1. The molecular weight excluding hydrogens is 246 g/mol. The largest absolute Gasteiger partial charge is 0.321 e. The minimum absolute atomic E-state index is 0.0292. The van der Waals surface area contributed by atoms with E-state index in [1.807, 2.05) is 7.05 Å². The van der Waals surface area contributed by atoms with Crippen LogP contribution >= 0.6 is 0 Å². The van der Waals surface area contributed by atoms with Gasteiger partial charge in [-0.15, -0.1) is 0 Å². The molecule has 1 heterocycles. The highest BCUT2D eigenvalue weighted by atomic mass is 16.6. The van der Waals surface area contributed by atoms with Gasteiger partial charge in [-0.05, 0) is 37.1 Å². The average molecular weight is 263 g/mol. The fourth-order valence-corrected chi connectivity index (χ4v) is 2.32. The van der Waals surface area contributed by atoms with Crippen LogP contribution in [-0.2, 0) is 17.6 Å². The van der Waals surface area contributed by atoms with Crippen molar-refractivity contribution in [3.05, 3.63) is 33.4 Å². The third-order valence-corrected chi connectivity index (χ3v) is 3.35. The Hall–Kier alpha value is -1.95. The normalized spacial score (nSPS) is 15.5. The number of nitrogens with zero attached hydrogens (tertiary/aromatic N) is 2. The van der Waals surface area contributed by atoms with E-state index in [2.05, 4.69) is 10.2 Å². The van der Waals surface area contributed by atoms with Crippen molar-refractivity contribution in [1.29, 1.82) is 0 Å². The molecule has 0 aliphatic carbocycles. The van der Waals surface area contributed by atoms with Crippen LogP contribution in [0.4, 0.5) is 11.4 Å². The van der Waals surface area contributed by atoms with Gasteiger partial charge in [0, 0.05) is 26.1 Å². The molecule has 1 aliphatic rings. The molecule has 0 spiro atoms. The highest BCUT2D eigenvalue weighted by Gasteiger charge is 2.20. The van der Waals surface area contributed by atoms with Gasteiger partial charge in [-0.25, -0.2) is 0 Å². The van der Waals surface area contributed by atoms with Gasteiger partial charge in [0.05, 0.1) is 4.92 Å². The van der Waals surface area contributed by atoms with E-state index in [0.717, 1.165) is 37.1 Å². The predicted molar refractivity (Wildman–Crippen MR) is 72.3 cm³/mol. The number of fused-ring (bicyclic) bond motifs is 1. The van der Waals surface area contributed by atoms with Crippen molar-refractivity contribution in [2.45, 2.75) is 19.8 Å². The molecule has 1 aromatic carbocycles. The monoisotopic (exact) mass is 263 g/mol. The van der Waals surface area contributed by atoms with E-state index >= 15 is 0 Å². The summed E-state index contributed by atoms with van der Waals surface area (Å²) in [6.07, 6.45) is 1.64. The summed E-state index contributed by atoms with van der Waals surface area (Å²) in [4.78, 5) is 24.0. The lowest BCUT2D eigenvalue weighted by atomic mass is 10.0. The molecule has 0 saturated carbocycles. The van der Waals surface area contributed by atoms with Crippen LogP contribution in [0.3, 0.4) is 0 Å². The maximum Gasteiger partial charge on any atom is 0.293 e. The molecule has 102 valence electrons. The molecule has 6 heteroatoms. The second-order valence-corrected chi connectivity index (χ2v) is 4.88. The van der Waals surface area contributed by atoms with Crippen LogP contribution in [0.2, 0.25) is 0 Å². The molecule has 19 heavy (non-hydrogen) atoms. The zero-order chi connectivity index (χ0) is 14.0. The van der Waals surface area contributed by atoms with E-state index in [1.165, 1.54) is 6.92 Å². The summed E-state index contributed by atoms with van der Waals surface area (Å²) in [5.41, 5.74) is 2.35. The SMILES string of the molecule is CC(=O)Nc1cc2c(cc1[N+](=O)[O-])CCN(C)CC2. The number of carbonyl (C=O) groups is 1. The Bertz CT molecular complexity index is 528. The number of anilines is 1. The standard InChI is InChI=1S/C13H17N3O3/c1-9(17)14-12-7-10-3-5-15(2)6-4-11(10)8-13(12)16(18)19/h7-8H,3-6H2,1-2H3,(H,14,17). The molecule has 6 nitrogen and oxygen atoms in total. The topological polar surface area (TPSA) is 75.5 Å². The number of likely N-dealkylation sites (N-methyl/N-ethyl adjacent to an activating group) is 1. The fraction of sp³-hybridized carbons (Fsp3) is 0.462. The molecule has 1 aromatic rings. The first-order valence-electron chi connectivity index (χ1n) is 6.23. The molecule has 1 amide bonds. The summed E-state index contributed by atoms with van der Waals surface area (Å²) in [6.45, 7) is 3.16. The Morgan fingerprint density at radius 3 is 2.42 bits per heavy atom. The van der Waals surface area contributed by atoms with E-state index in [9.17, 15) is 14.9 Å². The summed E-state index contributed by atoms with van der Waals surface area (Å²) in [5.74, 6) is -0.297. The van der Waals surface area contributed by atoms with Gasteiger partial charge in [0.15, 0.2) is 0 Å². The lowest BCUT2D eigenvalue weighted by molar-refractivity contribution is -0.384. The fourth-order valence-electron chi connectivity index (χ4n) is 2.32. The van der Waals surface area contributed by atoms with E-state index < -0.39 is 4.92 Å². The second kappa shape index (κ2) is 5.36. The lowest BCUT2D eigenvalue weighted by Crippen LogP contribution is -2.20. The maximum absolute atomic E-state index is 11.1. The van der Waals surface area contributed by atoms with Crippen LogP contribution in [0.25, 0.3) is 0 Å². The Kier molecular flexibility index (Phi) is 3.80. The number of benzene rings is 1. The Balaban J connectivity index is 2.44. The molecular formula is C13H17N3O3. The first kappa shape index (κ1) is 13.5. The number of hydrogen-bond acceptors (Lipinski definition) is 4. The van der Waals surface area contributed by atoms with Crippen molar-refractivity contribution in [2.24, 2.45) is 0 Å². The molecule has 0 bridgehead atoms. The third kappa shape index (κ3) is 3.08. The van der Waals surface area contributed by atoms with E-state index in [4.69, 9.17) is 0 Å². The van der Waals surface area contributed by atoms with Gasteiger partial charge >= 0.3 is 0 Å². The summed E-state index contributed by atoms with van der Waals surface area (Å²) in [7, 11) is 2.04. The number of hydrogen-bond donors (Lipinski definition) is 1. The van der Waals surface area contributed by atoms with Crippen molar-refractivity contribution < 1.29 is 9.72 Å². The van der Waals surface area contributed by atoms with Gasteiger partial charge in [-0.2, -0.15) is 0 Å². The summed E-state index contributed by atoms with van der Waals surface area (Å²) in [5, 5.41) is 13.6. The minimum Gasteiger partial charge on any atom is -0.321 e. The molecule has 1 aliphatic heterocycles. The smallest absolute Gasteiger partial charge is 0.293 e. The number of amides is 1. The summed E-state index contributed by atoms with van der Waals surface area (Å²) < 4.78 is 0. The van der Waals surface area contributed by atoms with Crippen LogP contribution in [0, 0.1) is 10.1 Å². The number of rotatable bonds is 2. The highest BCUT2D eigenvalue weighted by Crippen LogP contribution is 2.30. The van der Waals surface area contributed by atoms with Crippen molar-refractivity contribution >= 4 is 17.3 Å². The van der Waals surface area contributed by atoms with Gasteiger partial charge < -0.3 is 10.2 Å². The molecule has 0 saturated heterocycles. The van der Waals surface area contributed by atoms with E-state index in [-0.39, 0.29) is 11.6 Å². The Labute approximate surface area is 111 Å². The second-order valence-electron chi connectivity index (χ2n) is 4.88. The lowest BCUT2D eigenvalue weighted by Gasteiger charge is -2.10. The highest BCUT2D eigenvalue weighted by molar-refractivity contribution is 5.91. The van der Waals surface area contributed by atoms with Crippen molar-refractivity contribution in [2.75, 3.05) is 25.5 Å². The van der Waals surface area contributed by atoms with Crippen molar-refractivity contribution in [1.82, 2.24) is 4.90 Å². The van der Waals surface area contributed by atoms with Crippen molar-refractivity contribution in [3.63, 3.8) is 0 Å². The van der Waals surface area contributed by atoms with E-state index in [0.29, 0.717) is 5.69 Å². The zero-order valence-corrected chi connectivity index (χ0v) is 11.1. The first-order chi connectivity index (χ1) is 8.97. The summed E-state index contributed by atoms with van der Waals surface area (Å²) >= 11 is 0. The van der Waals surface area contributed by atoms with Crippen LogP contribution in [0.5, 0.6) is 0 Å². The quantitative estimate of drug-likeness (QED) is 0.649. The van der Waals surface area contributed by atoms with Crippen molar-refractivity contribution in [3.8, 4) is 0 Å². The van der Waals surface area contributed by atoms with Gasteiger partial charge in [0.2, 0.25) is 5.91 Å². The molecule has 1 N–H and O–H groups in total. The predicted octanol–water partition coefficient (Wildman–Crippen LogP) is 1.58. The number of nitro groups is 1. The molecule has 0 radical (unpaired) electrons. The van der Waals surface area contributed by atoms with Crippen LogP contribution < -0.4 is 5.32 Å². The third-order valence-electron chi connectivity index (χ3n) is 3.35. The number of nitro benzene ring substituents is 1. The minimum atomic E-state index is -0.444. The van der Waals surface area contributed by atoms with Gasteiger partial charge in [0.1, 0.15) is 5.69 Å². The zero-order valence-electron chi connectivity index (χ0n) is 11.1. The van der Waals surface area contributed by atoms with E-state index in [1.54, 1.807) is 12.1 Å². The molecule has 0 fully saturated rings. The molecule has 0 aromatic heterocycles. The van der Waals surface area contributed by atoms with Gasteiger partial charge in [0.25, 0.3) is 5.69 Å². The number of nitrogens with one attached hydrogen (secondary N) is 1. The van der Waals surface area contributed by atoms with Gasteiger partial charge in [-0.1, -0.05) is 0 Å². The molecule has 0 atom stereocenters. The average Bonchev–Trinajstić information content (AvgIpc) is 2.50. The van der Waals surface area contributed by atoms with Crippen LogP contribution in [0.1, 0.15) is 18.1 Å².